The van der Waals surface area contributed by atoms with Crippen LogP contribution >= 0.6 is 557 Å². The Hall–Kier alpha value is 14.0. The predicted octanol–water partition coefficient (Wildman–Crippen LogP) is 27.7. The van der Waals surface area contributed by atoms with Gasteiger partial charge in [-0.1, -0.05) is 557 Å². The molecule has 75 heavy (non-hydrogen) atoms. The van der Waals surface area contributed by atoms with Crippen LogP contribution in [0, 0.1) is 0 Å². The summed E-state index contributed by atoms with van der Waals surface area (Å²) in [6.07, 6.45) is 0. The smallest absolute Gasteiger partial charge is 0.226 e. The molecule has 0 heterocycles. The van der Waals surface area contributed by atoms with Crippen LogP contribution in [-0.2, 0) is 11.4 Å². The fraction of sp³-hybridized carbons (Fsp3) is 1.00. The Bertz CT molecular complexity index is 1910. The van der Waals surface area contributed by atoms with E-state index < -0.39 is 110 Å². The maximum absolute atomic E-state index is 8.56. The predicted molar refractivity (Wildman–Crippen MR) is 355 cm³/mol. The van der Waals surface area contributed by atoms with E-state index in [4.69, 9.17) is 570 Å². The second kappa shape index (κ2) is 27.7. The molecule has 0 amide bonds. The van der Waals surface area contributed by atoms with Crippen LogP contribution in [0.3, 0.4) is 0 Å². The highest BCUT2D eigenvalue weighted by Crippen LogP contribution is 2.80. The van der Waals surface area contributed by atoms with Gasteiger partial charge in [0, 0.05) is 0 Å². The summed E-state index contributed by atoms with van der Waals surface area (Å²) < 4.78 is -58.8. The molecule has 52 heteroatoms. The fourth-order valence-electron chi connectivity index (χ4n) is 4.10. The Kier molecular flexibility index (Phi) is 33.6. The molecule has 0 saturated carbocycles. The summed E-state index contributed by atoms with van der Waals surface area (Å²) in [4.78, 5) is 0. The van der Waals surface area contributed by atoms with Crippen LogP contribution in [0.4, 0.5) is 0 Å². The van der Waals surface area contributed by atoms with E-state index in [0.29, 0.717) is 0 Å². The molecule has 1 atom stereocenters. The first-order chi connectivity index (χ1) is 31.2. The lowest BCUT2D eigenvalue weighted by Crippen LogP contribution is -2.77. The van der Waals surface area contributed by atoms with Crippen LogP contribution < -0.4 is 0 Å². The monoisotopic (exact) mass is 2040 g/mol. The van der Waals surface area contributed by atoms with Crippen LogP contribution in [0.25, 0.3) is 0 Å². The topological polar surface area (TPSA) is 60.4 Å². The van der Waals surface area contributed by atoms with Gasteiger partial charge in [-0.15, -0.1) is 0 Å². The number of alkyl halides is 48. The third kappa shape index (κ3) is 14.5. The van der Waals surface area contributed by atoms with Crippen molar-refractivity contribution < 1.29 is 13.3 Å². The first-order valence-corrected chi connectivity index (χ1v) is 34.3. The zero-order valence-electron chi connectivity index (χ0n) is 31.3. The van der Waals surface area contributed by atoms with Gasteiger partial charge in [-0.2, -0.15) is 0 Å². The Balaban J connectivity index is 0. The van der Waals surface area contributed by atoms with E-state index in [9.17, 15) is 0 Å². The largest absolute Gasteiger partial charge is 0.750 e. The fourth-order valence-corrected chi connectivity index (χ4v) is 20.5. The van der Waals surface area contributed by atoms with E-state index in [2.05, 4.69) is 0 Å². The second-order valence-corrected chi connectivity index (χ2v) is 46.1. The molecule has 0 fully saturated rings. The summed E-state index contributed by atoms with van der Waals surface area (Å²) >= 11 is 306. The first kappa shape index (κ1) is 91.0. The molecule has 454 valence electrons. The summed E-state index contributed by atoms with van der Waals surface area (Å²) in [6, 6.07) is 0. The molecule has 0 aliphatic heterocycles. The quantitative estimate of drug-likeness (QED) is 0.0976. The summed E-state index contributed by atoms with van der Waals surface area (Å²) in [5, 5.41) is 0. The van der Waals surface area contributed by atoms with Crippen LogP contribution in [0.1, 0.15) is 0 Å². The van der Waals surface area contributed by atoms with Crippen molar-refractivity contribution in [2.24, 2.45) is 0 Å². The van der Waals surface area contributed by atoms with Crippen LogP contribution in [0.5, 0.6) is 0 Å². The van der Waals surface area contributed by atoms with Crippen molar-refractivity contribution in [3.8, 4) is 0 Å². The molecule has 0 saturated heterocycles. The van der Waals surface area contributed by atoms with Crippen molar-refractivity contribution in [2.75, 3.05) is 0 Å². The summed E-state index contributed by atoms with van der Waals surface area (Å²) in [5.74, 6) is 0. The van der Waals surface area contributed by atoms with Gasteiger partial charge in [-0.3, -0.25) is 0 Å². The van der Waals surface area contributed by atoms with Gasteiger partial charge in [0.2, 0.25) is 16.3 Å². The number of rotatable bonds is 20. The molecule has 0 aliphatic carbocycles. The maximum Gasteiger partial charge on any atom is 0.226 e. The van der Waals surface area contributed by atoms with Crippen molar-refractivity contribution in [2.45, 2.75) is 98.6 Å². The minimum Gasteiger partial charge on any atom is -0.750 e. The maximum atomic E-state index is 8.56. The third-order valence-corrected chi connectivity index (χ3v) is 43.0. The van der Waals surface area contributed by atoms with Crippen molar-refractivity contribution in [1.29, 1.82) is 0 Å². The van der Waals surface area contributed by atoms with Crippen molar-refractivity contribution >= 4 is 568 Å². The van der Waals surface area contributed by atoms with E-state index in [1.54, 1.807) is 0 Å². The molecule has 0 aliphatic rings. The minimum atomic E-state index is -3.89. The van der Waals surface area contributed by atoms with Gasteiger partial charge < -0.3 is 9.11 Å². The lowest BCUT2D eigenvalue weighted by atomic mass is 9.95. The number of hydrogen-bond acceptors (Lipinski definition) is 2. The van der Waals surface area contributed by atoms with Gasteiger partial charge in [0.1, 0.15) is 0 Å². The number of hydrogen-bond donors (Lipinski definition) is 1. The summed E-state index contributed by atoms with van der Waals surface area (Å²) in [6.45, 7) is 0. The zero-order valence-corrected chi connectivity index (χ0v) is 68.4. The lowest BCUT2D eigenvalue weighted by Gasteiger charge is -2.59. The van der Waals surface area contributed by atoms with Gasteiger partial charge in [-0.25, -0.2) is 4.21 Å². The highest BCUT2D eigenvalue weighted by Gasteiger charge is 2.90. The Morgan fingerprint density at radius 2 is 0.213 bits per heavy atom. The molecule has 0 radical (unpaired) electrons. The highest BCUT2D eigenvalue weighted by molar-refractivity contribution is 7.73. The summed E-state index contributed by atoms with van der Waals surface area (Å²) in [5.41, 5.74) is 0. The molecule has 0 bridgehead atoms. The Morgan fingerprint density at radius 1 is 0.173 bits per heavy atom. The zero-order chi connectivity index (χ0) is 63.1. The number of halogens is 48. The third-order valence-electron chi connectivity index (χ3n) is 8.60. The second-order valence-electron chi connectivity index (χ2n) is 13.3. The van der Waals surface area contributed by atoms with Gasteiger partial charge in [-0.05, 0) is 0 Å². The van der Waals surface area contributed by atoms with E-state index >= 15 is 0 Å². The van der Waals surface area contributed by atoms with Gasteiger partial charge in [0.25, 0.3) is 0 Å². The summed E-state index contributed by atoms with van der Waals surface area (Å²) in [7, 11) is 0. The van der Waals surface area contributed by atoms with E-state index in [-0.39, 0.29) is 0 Å². The Labute approximate surface area is 668 Å². The molecule has 1 unspecified atom stereocenters. The minimum absolute atomic E-state index is 2.86. The molecule has 1 N–H and O–H groups in total. The van der Waals surface area contributed by atoms with Crippen LogP contribution in [-0.4, -0.2) is 112 Å². The normalized spacial score (nSPS) is 17.5. The molecular formula is C23HCl48O3S-. The molecule has 0 rings (SSSR count). The average Bonchev–Trinajstić information content (AvgIpc) is 3.14. The Morgan fingerprint density at radius 3 is 0.253 bits per heavy atom. The molecule has 0 aromatic rings. The van der Waals surface area contributed by atoms with E-state index in [0.717, 1.165) is 0 Å². The first-order valence-electron chi connectivity index (χ1n) is 15.1. The van der Waals surface area contributed by atoms with Gasteiger partial charge in [0.05, 0.1) is 11.4 Å². The van der Waals surface area contributed by atoms with Crippen LogP contribution in [0.15, 0.2) is 0 Å². The van der Waals surface area contributed by atoms with Crippen molar-refractivity contribution in [3.05, 3.63) is 0 Å². The SMILES string of the molecule is ClC(Cl)(Cl)C(Cl)(Cl)C(Cl)(Cl)C(Cl)(Cl)C(Cl)(Cl)C(Cl)(Cl)C(Cl)(Cl)C(Cl)(Cl)C(Cl)(Cl)C(Cl)(Cl)C(Cl)(Cl)C(Cl)(Cl)C(Cl)(Cl)C(Cl)(Cl)C(Cl)(Cl)C(Cl)(Cl)C(Cl)(Cl)C(Cl)(Cl)C(Cl)(Cl)C(Cl)(Cl)C(Cl)(Cl)C(Cl)(Cl)C(Cl)(Cl)Cl.O=S([O-])O. The van der Waals surface area contributed by atoms with Gasteiger partial charge in [0.15, 0.2) is 82.3 Å². The highest BCUT2D eigenvalue weighted by atomic mass is 35.6. The van der Waals surface area contributed by atoms with Crippen LogP contribution in [0.2, 0.25) is 0 Å². The molecule has 0 aromatic carbocycles. The lowest BCUT2D eigenvalue weighted by molar-refractivity contribution is 0.383. The molecule has 0 spiro atoms. The standard InChI is InChI=1S/C23Cl48.H2O3S/c24-1(25,2(26,27)4(30,31)6(34,35)8(38,39)10(42,43)12(46,47)14(50,51)16(54,55)18(58,59)20(62,63)22(66,67)68)3(28,29)5(32,33)7(36,37)9(40,41)11(44,45)13(48,49)15(52,53)17(56,57)19(60,61)21(64,65)23(69,70)71;1-4(2)3/h;(H2,1,2,3)/p-1. The molecule has 3 nitrogen and oxygen atoms in total. The molecule has 0 aromatic heterocycles. The molecular weight excluding hydrogens is 2060 g/mol. The van der Waals surface area contributed by atoms with Crippen molar-refractivity contribution in [1.82, 2.24) is 0 Å². The van der Waals surface area contributed by atoms with Gasteiger partial charge >= 0.3 is 0 Å². The van der Waals surface area contributed by atoms with E-state index in [1.165, 1.54) is 0 Å². The van der Waals surface area contributed by atoms with E-state index in [1.807, 2.05) is 0 Å². The van der Waals surface area contributed by atoms with Crippen molar-refractivity contribution in [3.63, 3.8) is 0 Å². The average molecular weight is 2060 g/mol.